The second-order valence-electron chi connectivity index (χ2n) is 26.3. The van der Waals surface area contributed by atoms with E-state index in [1.165, 1.54) is 68.8 Å². The number of carbonyl (C=O) groups is 11. The van der Waals surface area contributed by atoms with Gasteiger partial charge in [-0.15, -0.1) is 0 Å². The van der Waals surface area contributed by atoms with Gasteiger partial charge in [-0.25, -0.2) is 4.79 Å². The van der Waals surface area contributed by atoms with Gasteiger partial charge in [0.1, 0.15) is 54.4 Å². The highest BCUT2D eigenvalue weighted by atomic mass is 16.5. The maximum Gasteiger partial charge on any atom is 0.326 e. The number of nitrogens with one attached hydrogen (secondary N) is 4. The molecule has 26 heteroatoms. The van der Waals surface area contributed by atoms with Crippen LogP contribution < -0.4 is 32.7 Å². The van der Waals surface area contributed by atoms with Crippen LogP contribution in [0.5, 0.6) is 0 Å². The molecule has 0 fully saturated rings. The molecule has 0 aromatic carbocycles. The maximum atomic E-state index is 15.0. The largest absolute Gasteiger partial charge is 0.480 e. The Morgan fingerprint density at radius 3 is 1.40 bits per heavy atom. The molecule has 0 aromatic heterocycles. The van der Waals surface area contributed by atoms with Crippen LogP contribution in [0.2, 0.25) is 0 Å². The third-order valence-corrected chi connectivity index (χ3v) is 15.7. The van der Waals surface area contributed by atoms with Gasteiger partial charge in [0, 0.05) is 48.8 Å². The van der Waals surface area contributed by atoms with Crippen LogP contribution in [0.1, 0.15) is 149 Å². The number of aliphatic carboxylic acids is 1. The zero-order valence-electron chi connectivity index (χ0n) is 57.7. The lowest BCUT2D eigenvalue weighted by atomic mass is 9.92. The van der Waals surface area contributed by atoms with E-state index >= 15 is 4.79 Å². The van der Waals surface area contributed by atoms with Gasteiger partial charge in [-0.2, -0.15) is 0 Å². The number of carbonyl (C=O) groups excluding carboxylic acids is 10. The first kappa shape index (κ1) is 82.8. The fraction of sp³-hybridized carbons (Fsp3) is 0.794. The van der Waals surface area contributed by atoms with Crippen molar-refractivity contribution in [2.45, 2.75) is 216 Å². The van der Waals surface area contributed by atoms with E-state index < -0.39 is 156 Å². The average Bonchev–Trinajstić information content (AvgIpc) is 1.23. The molecule has 0 rings (SSSR count). The number of likely N-dealkylation sites (N-methyl/N-ethyl adjacent to an activating group) is 6. The highest BCUT2D eigenvalue weighted by molar-refractivity contribution is 5.98. The molecule has 12 atom stereocenters. The van der Waals surface area contributed by atoms with Crippen LogP contribution in [-0.4, -0.2) is 240 Å². The molecule has 89 heavy (non-hydrogen) atoms. The summed E-state index contributed by atoms with van der Waals surface area (Å²) in [5.74, 6) is -10.3. The lowest BCUT2D eigenvalue weighted by Gasteiger charge is -2.40. The summed E-state index contributed by atoms with van der Waals surface area (Å²) >= 11 is 0. The third-order valence-electron chi connectivity index (χ3n) is 15.7. The molecule has 2 unspecified atom stereocenters. The van der Waals surface area contributed by atoms with Gasteiger partial charge in [-0.1, -0.05) is 109 Å². The number of hydrogen-bond acceptors (Lipinski definition) is 15. The highest BCUT2D eigenvalue weighted by Gasteiger charge is 2.44. The molecule has 512 valence electrons. The summed E-state index contributed by atoms with van der Waals surface area (Å²) in [6.45, 7) is 27.5. The highest BCUT2D eigenvalue weighted by Crippen LogP contribution is 2.24. The Hall–Kier alpha value is -6.25. The van der Waals surface area contributed by atoms with E-state index in [2.05, 4.69) is 21.3 Å². The summed E-state index contributed by atoms with van der Waals surface area (Å²) in [4.78, 5) is 162. The topological polar surface area (TPSA) is 357 Å². The molecule has 0 aliphatic rings. The van der Waals surface area contributed by atoms with Gasteiger partial charge >= 0.3 is 5.97 Å². The minimum absolute atomic E-state index is 0.00753. The Balaban J connectivity index is 7.13. The quantitative estimate of drug-likeness (QED) is 0.0320. The first-order valence-electron chi connectivity index (χ1n) is 31.5. The van der Waals surface area contributed by atoms with Crippen LogP contribution in [-0.2, 0) is 57.5 Å². The number of hydrogen-bond donors (Lipinski definition) is 8. The van der Waals surface area contributed by atoms with E-state index in [1.807, 2.05) is 55.4 Å². The van der Waals surface area contributed by atoms with Gasteiger partial charge in [-0.3, -0.25) is 47.9 Å². The summed E-state index contributed by atoms with van der Waals surface area (Å²) < 4.78 is 5.56. The smallest absolute Gasteiger partial charge is 0.326 e. The second-order valence-corrected chi connectivity index (χ2v) is 26.3. The number of amides is 10. The number of carboxylic acid groups (broad SMARTS) is 1. The van der Waals surface area contributed by atoms with Crippen LogP contribution >= 0.6 is 0 Å². The van der Waals surface area contributed by atoms with Crippen molar-refractivity contribution in [1.82, 2.24) is 50.7 Å². The zero-order valence-corrected chi connectivity index (χ0v) is 57.7. The van der Waals surface area contributed by atoms with Gasteiger partial charge in [-0.05, 0) is 93.8 Å². The number of nitrogens with two attached hydrogens (primary N) is 2. The predicted molar refractivity (Wildman–Crippen MR) is 342 cm³/mol. The summed E-state index contributed by atoms with van der Waals surface area (Å²) in [6.07, 6.45) is 2.89. The minimum Gasteiger partial charge on any atom is -0.480 e. The monoisotopic (exact) mass is 1260 g/mol. The Bertz CT molecular complexity index is 2350. The molecule has 10 N–H and O–H groups in total. The van der Waals surface area contributed by atoms with Crippen molar-refractivity contribution < 1.29 is 67.7 Å². The van der Waals surface area contributed by atoms with Gasteiger partial charge in [0.2, 0.25) is 59.1 Å². The van der Waals surface area contributed by atoms with Gasteiger partial charge in [0.15, 0.2) is 0 Å². The van der Waals surface area contributed by atoms with Crippen LogP contribution in [0.3, 0.4) is 0 Å². The number of aliphatic hydroxyl groups excluding tert-OH is 1. The molecule has 0 spiro atoms. The molecule has 0 radical (unpaired) electrons. The van der Waals surface area contributed by atoms with Crippen LogP contribution in [0, 0.1) is 41.4 Å². The summed E-state index contributed by atoms with van der Waals surface area (Å²) in [6, 6.07) is -12.2. The number of rotatable bonds is 40. The standard InChI is InChI=1S/C63H116N12O14/c1-23-25-26-41(15)53(77)51(56(80)66-43(24-2)58(82)70(17)33-49(76)71(18)45(29-35(3)4)55(79)68-50(39(11)12)62(86)74(21)48(63(87)88)32-38(9)10)69-57(81)52(40(13)14)75(22)61(85)47(31-37(7)8)73(20)60(84)46(30-36(5)6)72(19)59(83)44(34-89-28-27-64)67-54(78)42(16)65/h23,25,35-48,50-53,77H,24,26-34,64-65H2,1-22H3,(H,66,80)(H,67,78)(H,68,79)(H,69,81)(H,87,88)/b25-23+/t41?,42-,43-,44+,45-,46-,47-,48-,50-,51-,52-,53?/m0/s1. The molecule has 26 nitrogen and oxygen atoms in total. The van der Waals surface area contributed by atoms with Gasteiger partial charge in [0.25, 0.3) is 0 Å². The van der Waals surface area contributed by atoms with Gasteiger partial charge in [0.05, 0.1) is 31.9 Å². The minimum atomic E-state index is -1.70. The Morgan fingerprint density at radius 1 is 0.517 bits per heavy atom. The van der Waals surface area contributed by atoms with Crippen molar-refractivity contribution in [2.24, 2.45) is 52.9 Å². The molecular formula is C63H116N12O14. The summed E-state index contributed by atoms with van der Waals surface area (Å²) in [5.41, 5.74) is 11.4. The predicted octanol–water partition coefficient (Wildman–Crippen LogP) is 1.80. The van der Waals surface area contributed by atoms with E-state index in [9.17, 15) is 58.2 Å². The van der Waals surface area contributed by atoms with E-state index in [0.29, 0.717) is 0 Å². The van der Waals surface area contributed by atoms with E-state index in [0.717, 1.165) is 9.80 Å². The zero-order chi connectivity index (χ0) is 69.2. The van der Waals surface area contributed by atoms with Crippen molar-refractivity contribution >= 4 is 65.0 Å². The molecule has 0 aliphatic carbocycles. The average molecular weight is 1270 g/mol. The van der Waals surface area contributed by atoms with Crippen LogP contribution in [0.25, 0.3) is 0 Å². The molecule has 0 aromatic rings. The Morgan fingerprint density at radius 2 is 0.966 bits per heavy atom. The molecule has 10 amide bonds. The fourth-order valence-corrected chi connectivity index (χ4v) is 10.3. The van der Waals surface area contributed by atoms with Crippen molar-refractivity contribution in [2.75, 3.05) is 68.6 Å². The molecule has 0 aliphatic heterocycles. The first-order chi connectivity index (χ1) is 41.2. The molecule has 0 bridgehead atoms. The Kier molecular flexibility index (Phi) is 37.0. The number of ether oxygens (including phenoxy) is 1. The van der Waals surface area contributed by atoms with E-state index in [4.69, 9.17) is 16.2 Å². The van der Waals surface area contributed by atoms with Crippen molar-refractivity contribution in [3.63, 3.8) is 0 Å². The fourth-order valence-electron chi connectivity index (χ4n) is 10.3. The number of nitrogens with zero attached hydrogens (tertiary/aromatic N) is 6. The molecule has 0 saturated carbocycles. The SMILES string of the molecule is C/C=C/CC(C)C(O)[C@H](NC(=O)[C@H](C(C)C)N(C)C(=O)[C@H](CC(C)C)N(C)C(=O)[C@H](CC(C)C)N(C)C(=O)[C@@H](COCCN)NC(=O)[C@H](C)N)C(=O)N[C@@H](CC)C(=O)N(C)CC(=O)N(C)[C@@H](CC(C)C)C(=O)N[C@H](C(=O)N(C)[C@@H](CC(C)C)C(=O)O)C(C)C. The van der Waals surface area contributed by atoms with Crippen molar-refractivity contribution in [3.05, 3.63) is 12.2 Å². The third kappa shape index (κ3) is 26.2. The van der Waals surface area contributed by atoms with Crippen LogP contribution in [0.15, 0.2) is 12.2 Å². The summed E-state index contributed by atoms with van der Waals surface area (Å²) in [7, 11) is 8.40. The molecule has 0 heterocycles. The van der Waals surface area contributed by atoms with E-state index in [1.54, 1.807) is 60.6 Å². The first-order valence-corrected chi connectivity index (χ1v) is 31.5. The lowest BCUT2D eigenvalue weighted by Crippen LogP contribution is -2.63. The molecular weight excluding hydrogens is 1150 g/mol. The lowest BCUT2D eigenvalue weighted by molar-refractivity contribution is -0.154. The van der Waals surface area contributed by atoms with Gasteiger partial charge < -0.3 is 77.1 Å². The van der Waals surface area contributed by atoms with E-state index in [-0.39, 0.29) is 82.0 Å². The Labute approximate surface area is 531 Å². The second kappa shape index (κ2) is 39.8. The number of aliphatic hydroxyl groups is 1. The van der Waals surface area contributed by atoms with Crippen LogP contribution in [0.4, 0.5) is 0 Å². The number of allylic oxidation sites excluding steroid dienone is 2. The van der Waals surface area contributed by atoms with Crippen molar-refractivity contribution in [3.8, 4) is 0 Å². The van der Waals surface area contributed by atoms with Crippen molar-refractivity contribution in [1.29, 1.82) is 0 Å². The maximum absolute atomic E-state index is 15.0. The normalized spacial score (nSPS) is 15.9. The molecule has 0 saturated heterocycles. The summed E-state index contributed by atoms with van der Waals surface area (Å²) in [5, 5.41) is 32.7. The number of carboxylic acids is 1.